The van der Waals surface area contributed by atoms with Crippen molar-refractivity contribution < 1.29 is 14.3 Å². The highest BCUT2D eigenvalue weighted by molar-refractivity contribution is 6.01. The number of likely N-dealkylation sites (N-methyl/N-ethyl adjacent to an activating group) is 1. The molecule has 2 heterocycles. The molecule has 2 N–H and O–H groups in total. The Morgan fingerprint density at radius 3 is 2.77 bits per heavy atom. The average Bonchev–Trinajstić information content (AvgIpc) is 3.21. The number of hydrogen-bond donors (Lipinski definition) is 2. The van der Waals surface area contributed by atoms with Crippen LogP contribution in [-0.4, -0.2) is 67.0 Å². The molecule has 2 aliphatic heterocycles. The molecule has 0 aromatic heterocycles. The van der Waals surface area contributed by atoms with Gasteiger partial charge in [0.25, 0.3) is 5.91 Å². The van der Waals surface area contributed by atoms with Crippen molar-refractivity contribution in [3.05, 3.63) is 35.4 Å². The molecule has 1 saturated heterocycles. The van der Waals surface area contributed by atoms with Crippen LogP contribution < -0.4 is 10.9 Å². The second kappa shape index (κ2) is 8.16. The maximum Gasteiger partial charge on any atom is 0.255 e. The van der Waals surface area contributed by atoms with E-state index in [9.17, 15) is 9.59 Å². The first kappa shape index (κ1) is 18.8. The predicted octanol–water partition coefficient (Wildman–Crippen LogP) is 0.761. The number of nitrogens with zero attached hydrogens (tertiary/aromatic N) is 2. The number of hydrazine groups is 1. The van der Waals surface area contributed by atoms with Crippen molar-refractivity contribution in [1.82, 2.24) is 20.7 Å². The predicted molar refractivity (Wildman–Crippen MR) is 98.4 cm³/mol. The minimum absolute atomic E-state index is 0.00866. The number of amides is 2. The van der Waals surface area contributed by atoms with E-state index in [0.29, 0.717) is 31.7 Å². The molecule has 142 valence electrons. The van der Waals surface area contributed by atoms with Gasteiger partial charge in [0.05, 0.1) is 6.61 Å². The third-order valence-corrected chi connectivity index (χ3v) is 5.20. The van der Waals surface area contributed by atoms with Crippen molar-refractivity contribution in [2.75, 3.05) is 27.3 Å². The highest BCUT2D eigenvalue weighted by atomic mass is 16.5. The fraction of sp³-hybridized carbons (Fsp3) is 0.579. The second-order valence-electron chi connectivity index (χ2n) is 7.11. The van der Waals surface area contributed by atoms with Gasteiger partial charge in [-0.1, -0.05) is 25.1 Å². The van der Waals surface area contributed by atoms with Crippen LogP contribution in [0.2, 0.25) is 0 Å². The standard InChI is InChI=1S/C19H28N4O3/c1-4-17(23-10-13-7-5-6-8-16(13)18(23)24)19(25)22(2)11-14-9-15(12-26-3)21-20-14/h5-8,14-15,17,20-21H,4,9-12H2,1-3H3. The molecule has 3 unspecified atom stereocenters. The van der Waals surface area contributed by atoms with Crippen molar-refractivity contribution in [3.8, 4) is 0 Å². The molecular formula is C19H28N4O3. The van der Waals surface area contributed by atoms with Gasteiger partial charge in [0.15, 0.2) is 0 Å². The third-order valence-electron chi connectivity index (χ3n) is 5.20. The molecule has 2 amide bonds. The number of carbonyl (C=O) groups is 2. The van der Waals surface area contributed by atoms with Crippen molar-refractivity contribution >= 4 is 11.8 Å². The van der Waals surface area contributed by atoms with E-state index >= 15 is 0 Å². The number of benzene rings is 1. The Morgan fingerprint density at radius 2 is 2.08 bits per heavy atom. The Labute approximate surface area is 154 Å². The van der Waals surface area contributed by atoms with E-state index in [1.165, 1.54) is 0 Å². The summed E-state index contributed by atoms with van der Waals surface area (Å²) in [7, 11) is 3.49. The first-order chi connectivity index (χ1) is 12.5. The van der Waals surface area contributed by atoms with Gasteiger partial charge < -0.3 is 14.5 Å². The molecule has 0 saturated carbocycles. The summed E-state index contributed by atoms with van der Waals surface area (Å²) < 4.78 is 5.16. The van der Waals surface area contributed by atoms with Gasteiger partial charge in [-0.2, -0.15) is 0 Å². The van der Waals surface area contributed by atoms with Gasteiger partial charge in [-0.15, -0.1) is 0 Å². The lowest BCUT2D eigenvalue weighted by atomic mass is 10.1. The molecule has 0 aliphatic carbocycles. The summed E-state index contributed by atoms with van der Waals surface area (Å²) in [5.74, 6) is -0.0549. The molecule has 7 nitrogen and oxygen atoms in total. The van der Waals surface area contributed by atoms with E-state index < -0.39 is 6.04 Å². The summed E-state index contributed by atoms with van der Waals surface area (Å²) in [4.78, 5) is 29.2. The SMILES string of the molecule is CCC(C(=O)N(C)CC1CC(COC)NN1)N1Cc2ccccc2C1=O. The number of methoxy groups -OCH3 is 1. The summed E-state index contributed by atoms with van der Waals surface area (Å²) in [5, 5.41) is 0. The summed E-state index contributed by atoms with van der Waals surface area (Å²) in [6.45, 7) is 3.69. The molecule has 0 radical (unpaired) electrons. The lowest BCUT2D eigenvalue weighted by Gasteiger charge is -2.31. The summed E-state index contributed by atoms with van der Waals surface area (Å²) in [6.07, 6.45) is 1.50. The first-order valence-corrected chi connectivity index (χ1v) is 9.19. The highest BCUT2D eigenvalue weighted by Gasteiger charge is 2.37. The lowest BCUT2D eigenvalue weighted by molar-refractivity contribution is -0.135. The molecule has 3 atom stereocenters. The topological polar surface area (TPSA) is 73.9 Å². The van der Waals surface area contributed by atoms with E-state index in [0.717, 1.165) is 12.0 Å². The maximum absolute atomic E-state index is 13.0. The smallest absolute Gasteiger partial charge is 0.255 e. The van der Waals surface area contributed by atoms with Crippen molar-refractivity contribution in [2.45, 2.75) is 44.4 Å². The molecule has 26 heavy (non-hydrogen) atoms. The fourth-order valence-electron chi connectivity index (χ4n) is 3.86. The van der Waals surface area contributed by atoms with E-state index in [1.54, 1.807) is 16.9 Å². The normalized spacial score (nSPS) is 23.2. The van der Waals surface area contributed by atoms with E-state index in [-0.39, 0.29) is 23.9 Å². The Morgan fingerprint density at radius 1 is 1.35 bits per heavy atom. The molecule has 1 aromatic rings. The molecule has 2 aliphatic rings. The molecule has 1 aromatic carbocycles. The van der Waals surface area contributed by atoms with Crippen LogP contribution in [0.3, 0.4) is 0 Å². The third kappa shape index (κ3) is 3.75. The van der Waals surface area contributed by atoms with Gasteiger partial charge in [0.2, 0.25) is 5.91 Å². The van der Waals surface area contributed by atoms with Crippen LogP contribution in [0, 0.1) is 0 Å². The molecule has 0 spiro atoms. The zero-order valence-electron chi connectivity index (χ0n) is 15.7. The molecular weight excluding hydrogens is 332 g/mol. The van der Waals surface area contributed by atoms with Crippen molar-refractivity contribution in [3.63, 3.8) is 0 Å². The second-order valence-corrected chi connectivity index (χ2v) is 7.11. The average molecular weight is 360 g/mol. The first-order valence-electron chi connectivity index (χ1n) is 9.19. The largest absolute Gasteiger partial charge is 0.383 e. The van der Waals surface area contributed by atoms with Crippen LogP contribution in [-0.2, 0) is 16.1 Å². The Hall–Kier alpha value is -1.96. The van der Waals surface area contributed by atoms with Crippen LogP contribution in [0.1, 0.15) is 35.7 Å². The minimum atomic E-state index is -0.427. The van der Waals surface area contributed by atoms with Gasteiger partial charge in [-0.25, -0.2) is 0 Å². The van der Waals surface area contributed by atoms with Crippen molar-refractivity contribution in [2.24, 2.45) is 0 Å². The lowest BCUT2D eigenvalue weighted by Crippen LogP contribution is -2.50. The number of rotatable bonds is 7. The molecule has 3 rings (SSSR count). The van der Waals surface area contributed by atoms with Crippen LogP contribution >= 0.6 is 0 Å². The Kier molecular flexibility index (Phi) is 5.90. The maximum atomic E-state index is 13.0. The highest BCUT2D eigenvalue weighted by Crippen LogP contribution is 2.26. The zero-order valence-corrected chi connectivity index (χ0v) is 15.7. The molecule has 7 heteroatoms. The molecule has 1 fully saturated rings. The fourth-order valence-corrected chi connectivity index (χ4v) is 3.86. The number of hydrogen-bond acceptors (Lipinski definition) is 5. The quantitative estimate of drug-likeness (QED) is 0.751. The number of fused-ring (bicyclic) bond motifs is 1. The van der Waals surface area contributed by atoms with Crippen LogP contribution in [0.25, 0.3) is 0 Å². The summed E-state index contributed by atoms with van der Waals surface area (Å²) in [6, 6.07) is 7.59. The summed E-state index contributed by atoms with van der Waals surface area (Å²) >= 11 is 0. The van der Waals surface area contributed by atoms with Gasteiger partial charge in [-0.3, -0.25) is 20.4 Å². The van der Waals surface area contributed by atoms with Gasteiger partial charge in [0, 0.05) is 44.9 Å². The minimum Gasteiger partial charge on any atom is -0.383 e. The van der Waals surface area contributed by atoms with E-state index in [1.807, 2.05) is 38.2 Å². The van der Waals surface area contributed by atoms with E-state index in [4.69, 9.17) is 4.74 Å². The van der Waals surface area contributed by atoms with Crippen molar-refractivity contribution in [1.29, 1.82) is 0 Å². The van der Waals surface area contributed by atoms with Crippen LogP contribution in [0.15, 0.2) is 24.3 Å². The molecule has 0 bridgehead atoms. The van der Waals surface area contributed by atoms with Crippen LogP contribution in [0.4, 0.5) is 0 Å². The summed E-state index contributed by atoms with van der Waals surface area (Å²) in [5.41, 5.74) is 8.12. The van der Waals surface area contributed by atoms with Gasteiger partial charge in [-0.05, 0) is 24.5 Å². The number of ether oxygens (including phenoxy) is 1. The Balaban J connectivity index is 1.62. The number of carbonyl (C=O) groups excluding carboxylic acids is 2. The monoisotopic (exact) mass is 360 g/mol. The van der Waals surface area contributed by atoms with Gasteiger partial charge >= 0.3 is 0 Å². The van der Waals surface area contributed by atoms with Crippen LogP contribution in [0.5, 0.6) is 0 Å². The van der Waals surface area contributed by atoms with E-state index in [2.05, 4.69) is 10.9 Å². The van der Waals surface area contributed by atoms with Gasteiger partial charge in [0.1, 0.15) is 6.04 Å². The Bertz CT molecular complexity index is 666. The number of nitrogens with one attached hydrogen (secondary N) is 2. The zero-order chi connectivity index (χ0) is 18.7.